The predicted molar refractivity (Wildman–Crippen MR) is 85.7 cm³/mol. The molecule has 1 fully saturated rings. The van der Waals surface area contributed by atoms with Crippen molar-refractivity contribution in [1.82, 2.24) is 5.43 Å². The molecule has 2 N–H and O–H groups in total. The van der Waals surface area contributed by atoms with Crippen molar-refractivity contribution in [3.63, 3.8) is 0 Å². The Hall–Kier alpha value is -1.84. The van der Waals surface area contributed by atoms with Gasteiger partial charge in [-0.1, -0.05) is 42.5 Å². The molecule has 0 atom stereocenters. The Bertz CT molecular complexity index is 552. The standard InChI is InChI=1S/C18H22N2O/c1-2-7-18(8-3-1)20-19-12-16-5-4-6-17(11-16)14-21-13-15-9-10-15/h1-8,11,15,19-20H,9-10,12-14H2. The van der Waals surface area contributed by atoms with Gasteiger partial charge in [0, 0.05) is 18.8 Å². The monoisotopic (exact) mass is 282 g/mol. The summed E-state index contributed by atoms with van der Waals surface area (Å²) in [7, 11) is 0. The van der Waals surface area contributed by atoms with Crippen molar-refractivity contribution in [3.05, 3.63) is 65.7 Å². The van der Waals surface area contributed by atoms with Gasteiger partial charge in [-0.05, 0) is 42.0 Å². The molecule has 2 aromatic rings. The van der Waals surface area contributed by atoms with Gasteiger partial charge in [-0.2, -0.15) is 0 Å². The molecule has 3 heteroatoms. The van der Waals surface area contributed by atoms with Gasteiger partial charge in [-0.25, -0.2) is 5.43 Å². The van der Waals surface area contributed by atoms with Gasteiger partial charge < -0.3 is 10.2 Å². The topological polar surface area (TPSA) is 33.3 Å². The lowest BCUT2D eigenvalue weighted by molar-refractivity contribution is 0.111. The first-order chi connectivity index (χ1) is 10.4. The first-order valence-corrected chi connectivity index (χ1v) is 7.59. The number of hydrogen-bond donors (Lipinski definition) is 2. The van der Waals surface area contributed by atoms with Crippen LogP contribution in [0.4, 0.5) is 5.69 Å². The van der Waals surface area contributed by atoms with Crippen molar-refractivity contribution in [3.8, 4) is 0 Å². The molecule has 0 heterocycles. The molecule has 2 aromatic carbocycles. The van der Waals surface area contributed by atoms with Crippen LogP contribution in [0.15, 0.2) is 54.6 Å². The number of benzene rings is 2. The minimum atomic E-state index is 0.719. The van der Waals surface area contributed by atoms with Crippen LogP contribution in [0.2, 0.25) is 0 Å². The average molecular weight is 282 g/mol. The molecule has 0 amide bonds. The highest BCUT2D eigenvalue weighted by atomic mass is 16.5. The van der Waals surface area contributed by atoms with Gasteiger partial charge in [0.2, 0.25) is 0 Å². The maximum atomic E-state index is 5.74. The van der Waals surface area contributed by atoms with Gasteiger partial charge in [0.05, 0.1) is 6.61 Å². The highest BCUT2D eigenvalue weighted by Crippen LogP contribution is 2.29. The number of anilines is 1. The summed E-state index contributed by atoms with van der Waals surface area (Å²) in [5, 5.41) is 0. The van der Waals surface area contributed by atoms with E-state index in [2.05, 4.69) is 35.1 Å². The first-order valence-electron chi connectivity index (χ1n) is 7.59. The van der Waals surface area contributed by atoms with Gasteiger partial charge >= 0.3 is 0 Å². The lowest BCUT2D eigenvalue weighted by Gasteiger charge is -2.10. The van der Waals surface area contributed by atoms with E-state index in [1.807, 2.05) is 30.3 Å². The summed E-state index contributed by atoms with van der Waals surface area (Å²) in [5.41, 5.74) is 10.0. The van der Waals surface area contributed by atoms with Gasteiger partial charge in [-0.15, -0.1) is 0 Å². The van der Waals surface area contributed by atoms with Crippen LogP contribution in [0.3, 0.4) is 0 Å². The first kappa shape index (κ1) is 14.1. The molecular weight excluding hydrogens is 260 g/mol. The molecule has 1 saturated carbocycles. The maximum Gasteiger partial charge on any atom is 0.0717 e. The summed E-state index contributed by atoms with van der Waals surface area (Å²) < 4.78 is 5.74. The number of para-hydroxylation sites is 1. The third-order valence-corrected chi connectivity index (χ3v) is 3.61. The Kier molecular flexibility index (Phi) is 4.87. The normalized spacial score (nSPS) is 14.1. The summed E-state index contributed by atoms with van der Waals surface area (Å²) in [5.74, 6) is 0.824. The van der Waals surface area contributed by atoms with Crippen LogP contribution in [-0.4, -0.2) is 6.61 Å². The van der Waals surface area contributed by atoms with Crippen LogP contribution in [0, 0.1) is 5.92 Å². The molecule has 0 aliphatic heterocycles. The van der Waals surface area contributed by atoms with Gasteiger partial charge in [0.1, 0.15) is 0 Å². The number of hydrazine groups is 1. The molecule has 1 aliphatic carbocycles. The highest BCUT2D eigenvalue weighted by Gasteiger charge is 2.20. The zero-order chi connectivity index (χ0) is 14.3. The predicted octanol–water partition coefficient (Wildman–Crippen LogP) is 3.73. The van der Waals surface area contributed by atoms with Crippen molar-refractivity contribution >= 4 is 5.69 Å². The number of ether oxygens (including phenoxy) is 1. The molecular formula is C18H22N2O. The summed E-state index contributed by atoms with van der Waals surface area (Å²) >= 11 is 0. The van der Waals surface area contributed by atoms with E-state index >= 15 is 0 Å². The SMILES string of the molecule is c1ccc(NNCc2cccc(COCC3CC3)c2)cc1. The molecule has 0 spiro atoms. The van der Waals surface area contributed by atoms with Gasteiger partial charge in [0.25, 0.3) is 0 Å². The van der Waals surface area contributed by atoms with E-state index in [1.54, 1.807) is 0 Å². The third kappa shape index (κ3) is 4.88. The Labute approximate surface area is 126 Å². The molecule has 3 rings (SSSR count). The molecule has 3 nitrogen and oxygen atoms in total. The Morgan fingerprint density at radius 2 is 1.76 bits per heavy atom. The van der Waals surface area contributed by atoms with E-state index in [1.165, 1.54) is 24.0 Å². The van der Waals surface area contributed by atoms with Crippen LogP contribution < -0.4 is 10.9 Å². The van der Waals surface area contributed by atoms with Crippen molar-refractivity contribution in [2.24, 2.45) is 5.92 Å². The number of nitrogens with one attached hydrogen (secondary N) is 2. The fourth-order valence-corrected chi connectivity index (χ4v) is 2.23. The summed E-state index contributed by atoms with van der Waals surface area (Å²) in [4.78, 5) is 0. The van der Waals surface area contributed by atoms with Crippen LogP contribution in [0.5, 0.6) is 0 Å². The largest absolute Gasteiger partial charge is 0.376 e. The average Bonchev–Trinajstić information content (AvgIpc) is 3.33. The molecule has 21 heavy (non-hydrogen) atoms. The molecule has 1 aliphatic rings. The smallest absolute Gasteiger partial charge is 0.0717 e. The van der Waals surface area contributed by atoms with E-state index in [-0.39, 0.29) is 0 Å². The summed E-state index contributed by atoms with van der Waals surface area (Å²) in [6.07, 6.45) is 2.68. The van der Waals surface area contributed by atoms with Crippen molar-refractivity contribution in [2.45, 2.75) is 26.0 Å². The van der Waals surface area contributed by atoms with E-state index in [0.717, 1.165) is 31.4 Å². The van der Waals surface area contributed by atoms with E-state index < -0.39 is 0 Å². The van der Waals surface area contributed by atoms with Crippen molar-refractivity contribution in [1.29, 1.82) is 0 Å². The highest BCUT2D eigenvalue weighted by molar-refractivity contribution is 5.41. The Morgan fingerprint density at radius 3 is 2.57 bits per heavy atom. The number of hydrogen-bond acceptors (Lipinski definition) is 3. The van der Waals surface area contributed by atoms with Gasteiger partial charge in [0.15, 0.2) is 0 Å². The minimum Gasteiger partial charge on any atom is -0.376 e. The van der Waals surface area contributed by atoms with Crippen LogP contribution in [-0.2, 0) is 17.9 Å². The molecule has 0 aromatic heterocycles. The van der Waals surface area contributed by atoms with Crippen LogP contribution in [0.1, 0.15) is 24.0 Å². The lowest BCUT2D eigenvalue weighted by atomic mass is 10.1. The Balaban J connectivity index is 1.44. The fourth-order valence-electron chi connectivity index (χ4n) is 2.23. The van der Waals surface area contributed by atoms with Crippen molar-refractivity contribution in [2.75, 3.05) is 12.0 Å². The fraction of sp³-hybridized carbons (Fsp3) is 0.333. The van der Waals surface area contributed by atoms with Crippen LogP contribution >= 0.6 is 0 Å². The second kappa shape index (κ2) is 7.25. The molecule has 0 saturated heterocycles. The Morgan fingerprint density at radius 1 is 0.952 bits per heavy atom. The summed E-state index contributed by atoms with van der Waals surface area (Å²) in [6.45, 7) is 2.42. The number of rotatable bonds is 8. The van der Waals surface area contributed by atoms with Gasteiger partial charge in [-0.3, -0.25) is 0 Å². The van der Waals surface area contributed by atoms with Crippen molar-refractivity contribution < 1.29 is 4.74 Å². The molecule has 110 valence electrons. The molecule has 0 radical (unpaired) electrons. The molecule has 0 unspecified atom stereocenters. The van der Waals surface area contributed by atoms with E-state index in [4.69, 9.17) is 4.74 Å². The second-order valence-corrected chi connectivity index (χ2v) is 5.62. The van der Waals surface area contributed by atoms with Crippen LogP contribution in [0.25, 0.3) is 0 Å². The van der Waals surface area contributed by atoms with E-state index in [9.17, 15) is 0 Å². The second-order valence-electron chi connectivity index (χ2n) is 5.62. The van der Waals surface area contributed by atoms with E-state index in [0.29, 0.717) is 0 Å². The maximum absolute atomic E-state index is 5.74. The third-order valence-electron chi connectivity index (χ3n) is 3.61. The lowest BCUT2D eigenvalue weighted by Crippen LogP contribution is -2.20. The summed E-state index contributed by atoms with van der Waals surface area (Å²) in [6, 6.07) is 18.7. The molecule has 0 bridgehead atoms. The minimum absolute atomic E-state index is 0.719. The zero-order valence-electron chi connectivity index (χ0n) is 12.2. The zero-order valence-corrected chi connectivity index (χ0v) is 12.2. The quantitative estimate of drug-likeness (QED) is 0.724.